The summed E-state index contributed by atoms with van der Waals surface area (Å²) in [6.45, 7) is 5.11. The second-order valence-corrected chi connectivity index (χ2v) is 5.21. The first-order chi connectivity index (χ1) is 5.68. The fourth-order valence-corrected chi connectivity index (χ4v) is 1.38. The van der Waals surface area contributed by atoms with E-state index >= 15 is 0 Å². The van der Waals surface area contributed by atoms with Crippen molar-refractivity contribution in [1.82, 2.24) is 0 Å². The normalized spacial score (nSPS) is 10.3. The van der Waals surface area contributed by atoms with Gasteiger partial charge in [0.25, 0.3) is 0 Å². The Hall–Kier alpha value is -0.0969. The Bertz CT molecular complexity index is 228. The van der Waals surface area contributed by atoms with E-state index in [0.717, 1.165) is 12.4 Å². The maximum atomic E-state index is 5.53. The summed E-state index contributed by atoms with van der Waals surface area (Å²) >= 11 is 1.31. The molecule has 0 heterocycles. The zero-order chi connectivity index (χ0) is 8.97. The molecular formula is C10H13BiO. The van der Waals surface area contributed by atoms with Gasteiger partial charge in [-0.3, -0.25) is 0 Å². The summed E-state index contributed by atoms with van der Waals surface area (Å²) in [6.07, 6.45) is 0. The number of hydrogen-bond acceptors (Lipinski definition) is 1. The van der Waals surface area contributed by atoms with Crippen molar-refractivity contribution >= 4 is 28.0 Å². The summed E-state index contributed by atoms with van der Waals surface area (Å²) in [6, 6.07) is 8.31. The van der Waals surface area contributed by atoms with Crippen LogP contribution < -0.4 is 8.01 Å². The van der Waals surface area contributed by atoms with E-state index in [0.29, 0.717) is 5.92 Å². The van der Waals surface area contributed by atoms with Crippen molar-refractivity contribution in [3.05, 3.63) is 24.3 Å². The summed E-state index contributed by atoms with van der Waals surface area (Å²) in [5.41, 5.74) is 0. The molecule has 1 nitrogen and oxygen atoms in total. The van der Waals surface area contributed by atoms with Gasteiger partial charge in [0.05, 0.1) is 0 Å². The van der Waals surface area contributed by atoms with Crippen molar-refractivity contribution in [1.29, 1.82) is 0 Å². The summed E-state index contributed by atoms with van der Waals surface area (Å²) < 4.78 is 6.92. The Kier molecular flexibility index (Phi) is 4.01. The quantitative estimate of drug-likeness (QED) is 0.745. The Morgan fingerprint density at radius 3 is 2.33 bits per heavy atom. The Labute approximate surface area is 89.0 Å². The zero-order valence-corrected chi connectivity index (χ0v) is 10.9. The molecule has 0 aliphatic rings. The van der Waals surface area contributed by atoms with Gasteiger partial charge in [-0.2, -0.15) is 0 Å². The van der Waals surface area contributed by atoms with Crippen LogP contribution in [0, 0.1) is 5.92 Å². The first kappa shape index (κ1) is 9.99. The maximum absolute atomic E-state index is 5.53. The molecule has 0 bridgehead atoms. The minimum absolute atomic E-state index is 0.596. The van der Waals surface area contributed by atoms with E-state index in [4.69, 9.17) is 4.74 Å². The molecule has 0 saturated carbocycles. The Balaban J connectivity index is 2.48. The monoisotopic (exact) mass is 358 g/mol. The van der Waals surface area contributed by atoms with Gasteiger partial charge in [-0.15, -0.1) is 0 Å². The van der Waals surface area contributed by atoms with Gasteiger partial charge < -0.3 is 0 Å². The molecule has 2 radical (unpaired) electrons. The number of benzene rings is 1. The molecule has 2 heteroatoms. The number of hydrogen-bond donors (Lipinski definition) is 0. The topological polar surface area (TPSA) is 9.23 Å². The third-order valence-corrected chi connectivity index (χ3v) is 2.58. The molecule has 64 valence electrons. The van der Waals surface area contributed by atoms with Crippen molar-refractivity contribution in [2.45, 2.75) is 13.8 Å². The molecule has 1 rings (SSSR count). The van der Waals surface area contributed by atoms with Gasteiger partial charge in [-0.05, 0) is 0 Å². The molecule has 1 aromatic rings. The van der Waals surface area contributed by atoms with Crippen LogP contribution in [0.15, 0.2) is 24.3 Å². The molecule has 0 N–H and O–H groups in total. The molecule has 1 aromatic carbocycles. The summed E-state index contributed by atoms with van der Waals surface area (Å²) in [4.78, 5) is 0. The van der Waals surface area contributed by atoms with Crippen LogP contribution >= 0.6 is 0 Å². The molecule has 0 amide bonds. The first-order valence-electron chi connectivity index (χ1n) is 4.10. The molecule has 0 aliphatic carbocycles. The molecule has 0 fully saturated rings. The third kappa shape index (κ3) is 3.53. The van der Waals surface area contributed by atoms with Crippen LogP contribution in [0.5, 0.6) is 5.75 Å². The second kappa shape index (κ2) is 4.81. The fourth-order valence-electron chi connectivity index (χ4n) is 0.805. The van der Waals surface area contributed by atoms with Gasteiger partial charge in [-0.25, -0.2) is 0 Å². The van der Waals surface area contributed by atoms with E-state index in [1.807, 2.05) is 12.1 Å². The van der Waals surface area contributed by atoms with Gasteiger partial charge >= 0.3 is 89.1 Å². The molecule has 12 heavy (non-hydrogen) atoms. The molecule has 0 atom stereocenters. The fraction of sp³-hybridized carbons (Fsp3) is 0.400. The number of rotatable bonds is 3. The van der Waals surface area contributed by atoms with E-state index in [-0.39, 0.29) is 0 Å². The van der Waals surface area contributed by atoms with Crippen molar-refractivity contribution in [2.75, 3.05) is 6.61 Å². The summed E-state index contributed by atoms with van der Waals surface area (Å²) in [7, 11) is 0. The van der Waals surface area contributed by atoms with Gasteiger partial charge in [0, 0.05) is 0 Å². The van der Waals surface area contributed by atoms with E-state index < -0.39 is 0 Å². The third-order valence-electron chi connectivity index (χ3n) is 1.42. The van der Waals surface area contributed by atoms with Gasteiger partial charge in [0.15, 0.2) is 0 Å². The van der Waals surface area contributed by atoms with Gasteiger partial charge in [0.2, 0.25) is 0 Å². The van der Waals surface area contributed by atoms with Crippen LogP contribution in [0.4, 0.5) is 0 Å². The molecule has 0 unspecified atom stereocenters. The SMILES string of the molecule is CC(C)COc1cc[c]([Bi])cc1. The van der Waals surface area contributed by atoms with Crippen LogP contribution in [0.1, 0.15) is 13.8 Å². The van der Waals surface area contributed by atoms with Crippen LogP contribution in [0.25, 0.3) is 0 Å². The summed E-state index contributed by atoms with van der Waals surface area (Å²) in [5, 5.41) is 0. The van der Waals surface area contributed by atoms with Crippen LogP contribution in [0.2, 0.25) is 0 Å². The van der Waals surface area contributed by atoms with Gasteiger partial charge in [-0.1, -0.05) is 0 Å². The van der Waals surface area contributed by atoms with E-state index in [9.17, 15) is 0 Å². The average molecular weight is 358 g/mol. The van der Waals surface area contributed by atoms with Crippen molar-refractivity contribution < 1.29 is 4.74 Å². The molecule has 0 spiro atoms. The molecule has 0 aliphatic heterocycles. The van der Waals surface area contributed by atoms with Crippen LogP contribution in [-0.2, 0) is 0 Å². The Morgan fingerprint density at radius 1 is 1.25 bits per heavy atom. The number of ether oxygens (including phenoxy) is 1. The molecule has 0 saturated heterocycles. The molecular weight excluding hydrogens is 345 g/mol. The first-order valence-corrected chi connectivity index (χ1v) is 5.84. The van der Waals surface area contributed by atoms with Crippen LogP contribution in [0.3, 0.4) is 0 Å². The minimum atomic E-state index is 0.596. The standard InChI is InChI=1S/C10H13O.Bi/c1-9(2)8-11-10-6-4-3-5-7-10;/h4-7,9H,8H2,1-2H3;. The van der Waals surface area contributed by atoms with Gasteiger partial charge in [0.1, 0.15) is 0 Å². The summed E-state index contributed by atoms with van der Waals surface area (Å²) in [5.74, 6) is 1.58. The Morgan fingerprint density at radius 2 is 1.83 bits per heavy atom. The average Bonchev–Trinajstić information content (AvgIpc) is 2.03. The van der Waals surface area contributed by atoms with E-state index in [2.05, 4.69) is 26.0 Å². The van der Waals surface area contributed by atoms with E-state index in [1.54, 1.807) is 0 Å². The van der Waals surface area contributed by atoms with Crippen molar-refractivity contribution in [2.24, 2.45) is 5.92 Å². The van der Waals surface area contributed by atoms with Crippen LogP contribution in [-0.4, -0.2) is 31.3 Å². The molecule has 0 aromatic heterocycles. The van der Waals surface area contributed by atoms with Crippen molar-refractivity contribution in [3.63, 3.8) is 0 Å². The van der Waals surface area contributed by atoms with E-state index in [1.165, 1.54) is 28.0 Å². The van der Waals surface area contributed by atoms with Crippen molar-refractivity contribution in [3.8, 4) is 5.75 Å². The predicted octanol–water partition coefficient (Wildman–Crippen LogP) is 1.52. The predicted molar refractivity (Wildman–Crippen MR) is 52.2 cm³/mol. The second-order valence-electron chi connectivity index (χ2n) is 3.20. The zero-order valence-electron chi connectivity index (χ0n) is 7.45.